The lowest BCUT2D eigenvalue weighted by molar-refractivity contribution is 0.151. The molecule has 1 atom stereocenters. The number of benzene rings is 1. The number of nitrogens with zero attached hydrogens (tertiary/aromatic N) is 3. The third kappa shape index (κ3) is 5.25. The molecular formula is C21H26F2N4OS. The van der Waals surface area contributed by atoms with Gasteiger partial charge in [-0.1, -0.05) is 12.8 Å². The molecule has 0 aliphatic carbocycles. The van der Waals surface area contributed by atoms with E-state index in [-0.39, 0.29) is 6.04 Å². The first-order chi connectivity index (χ1) is 14.0. The highest BCUT2D eigenvalue weighted by Gasteiger charge is 2.17. The number of methoxy groups -OCH3 is 1. The minimum atomic E-state index is -0.546. The molecule has 0 aliphatic heterocycles. The molecule has 156 valence electrons. The Bertz CT molecular complexity index is 963. The van der Waals surface area contributed by atoms with Gasteiger partial charge >= 0.3 is 0 Å². The molecule has 0 spiro atoms. The summed E-state index contributed by atoms with van der Waals surface area (Å²) in [6.45, 7) is 2.59. The number of halogens is 2. The second kappa shape index (κ2) is 10.0. The van der Waals surface area contributed by atoms with Gasteiger partial charge in [-0.25, -0.2) is 18.7 Å². The number of anilines is 1. The van der Waals surface area contributed by atoms with Gasteiger partial charge in [0.15, 0.2) is 5.82 Å². The van der Waals surface area contributed by atoms with Crippen molar-refractivity contribution in [2.75, 3.05) is 25.2 Å². The first-order valence-corrected chi connectivity index (χ1v) is 10.6. The van der Waals surface area contributed by atoms with E-state index in [9.17, 15) is 8.78 Å². The Balaban J connectivity index is 1.53. The normalized spacial score (nSPS) is 12.6. The first kappa shape index (κ1) is 21.5. The number of nitrogen functional groups attached to an aromatic ring is 1. The molecule has 3 rings (SSSR count). The predicted octanol–water partition coefficient (Wildman–Crippen LogP) is 5.14. The summed E-state index contributed by atoms with van der Waals surface area (Å²) in [6, 6.07) is 3.88. The summed E-state index contributed by atoms with van der Waals surface area (Å²) >= 11 is 1.43. The van der Waals surface area contributed by atoms with Gasteiger partial charge in [-0.2, -0.15) is 0 Å². The summed E-state index contributed by atoms with van der Waals surface area (Å²) < 4.78 is 34.2. The number of unbranched alkanes of at least 4 members (excludes halogenated alkanes) is 2. The molecule has 29 heavy (non-hydrogen) atoms. The van der Waals surface area contributed by atoms with E-state index in [0.29, 0.717) is 17.3 Å². The molecule has 0 saturated carbocycles. The van der Waals surface area contributed by atoms with Gasteiger partial charge in [-0.05, 0) is 43.2 Å². The van der Waals surface area contributed by atoms with Crippen LogP contribution in [0.2, 0.25) is 0 Å². The number of ether oxygens (including phenoxy) is 1. The number of rotatable bonds is 10. The molecule has 2 N–H and O–H groups in total. The highest BCUT2D eigenvalue weighted by atomic mass is 32.2. The van der Waals surface area contributed by atoms with Crippen LogP contribution in [0.5, 0.6) is 0 Å². The van der Waals surface area contributed by atoms with Gasteiger partial charge in [0.1, 0.15) is 17.2 Å². The van der Waals surface area contributed by atoms with Crippen LogP contribution < -0.4 is 5.73 Å². The smallest absolute Gasteiger partial charge is 0.151 e. The minimum Gasteiger partial charge on any atom is -0.383 e. The zero-order valence-electron chi connectivity index (χ0n) is 16.7. The van der Waals surface area contributed by atoms with E-state index in [1.165, 1.54) is 23.9 Å². The van der Waals surface area contributed by atoms with E-state index in [1.807, 2.05) is 13.3 Å². The minimum absolute atomic E-state index is 0.160. The van der Waals surface area contributed by atoms with Crippen LogP contribution in [0.4, 0.5) is 14.6 Å². The van der Waals surface area contributed by atoms with Crippen LogP contribution in [0.1, 0.15) is 37.3 Å². The fraction of sp³-hybridized carbons (Fsp3) is 0.429. The summed E-state index contributed by atoms with van der Waals surface area (Å²) in [5.74, 6) is 0.194. The van der Waals surface area contributed by atoms with Gasteiger partial charge < -0.3 is 15.0 Å². The summed E-state index contributed by atoms with van der Waals surface area (Å²) in [4.78, 5) is 9.12. The van der Waals surface area contributed by atoms with Gasteiger partial charge in [-0.3, -0.25) is 0 Å². The second-order valence-corrected chi connectivity index (χ2v) is 8.19. The van der Waals surface area contributed by atoms with E-state index in [0.717, 1.165) is 54.1 Å². The van der Waals surface area contributed by atoms with Crippen molar-refractivity contribution in [3.05, 3.63) is 47.9 Å². The van der Waals surface area contributed by atoms with Crippen molar-refractivity contribution >= 4 is 28.6 Å². The molecule has 2 heterocycles. The number of aryl methyl sites for hydroxylation is 1. The van der Waals surface area contributed by atoms with E-state index in [1.54, 1.807) is 13.3 Å². The zero-order valence-corrected chi connectivity index (χ0v) is 17.5. The maximum atomic E-state index is 13.7. The van der Waals surface area contributed by atoms with Gasteiger partial charge in [0.25, 0.3) is 0 Å². The Morgan fingerprint density at radius 2 is 2.03 bits per heavy atom. The Labute approximate surface area is 173 Å². The highest BCUT2D eigenvalue weighted by Crippen LogP contribution is 2.28. The number of aromatic nitrogens is 3. The fourth-order valence-electron chi connectivity index (χ4n) is 3.43. The maximum absolute atomic E-state index is 13.7. The van der Waals surface area contributed by atoms with Crippen molar-refractivity contribution in [1.82, 2.24) is 14.5 Å². The molecule has 0 aliphatic rings. The molecule has 0 radical (unpaired) electrons. The molecular weight excluding hydrogens is 394 g/mol. The average Bonchev–Trinajstić information content (AvgIpc) is 3.14. The van der Waals surface area contributed by atoms with Crippen LogP contribution in [0, 0.1) is 18.6 Å². The van der Waals surface area contributed by atoms with Crippen LogP contribution in [0.15, 0.2) is 35.6 Å². The van der Waals surface area contributed by atoms with Crippen molar-refractivity contribution in [3.63, 3.8) is 0 Å². The van der Waals surface area contributed by atoms with Crippen molar-refractivity contribution in [2.24, 2.45) is 0 Å². The second-order valence-electron chi connectivity index (χ2n) is 7.06. The molecule has 3 aromatic rings. The van der Waals surface area contributed by atoms with E-state index in [4.69, 9.17) is 10.5 Å². The molecule has 0 bridgehead atoms. The summed E-state index contributed by atoms with van der Waals surface area (Å²) in [6.07, 6.45) is 7.52. The van der Waals surface area contributed by atoms with Gasteiger partial charge in [0.2, 0.25) is 0 Å². The van der Waals surface area contributed by atoms with Crippen LogP contribution in [0.3, 0.4) is 0 Å². The Hall–Kier alpha value is -2.19. The fourth-order valence-corrected chi connectivity index (χ4v) is 4.36. The first-order valence-electron chi connectivity index (χ1n) is 9.65. The zero-order chi connectivity index (χ0) is 20.8. The Kier molecular flexibility index (Phi) is 7.44. The SMILES string of the molecule is COCC(CCCCCSc1ccc(F)cc1F)n1cnc2c(N)ncc(C)c21. The van der Waals surface area contributed by atoms with Crippen molar-refractivity contribution in [2.45, 2.75) is 43.5 Å². The lowest BCUT2D eigenvalue weighted by atomic mass is 10.1. The van der Waals surface area contributed by atoms with Crippen LogP contribution in [-0.2, 0) is 4.74 Å². The van der Waals surface area contributed by atoms with Crippen LogP contribution in [-0.4, -0.2) is 34.0 Å². The number of thioether (sulfide) groups is 1. The number of hydrogen-bond donors (Lipinski definition) is 1. The number of imidazole rings is 1. The van der Waals surface area contributed by atoms with Crippen LogP contribution >= 0.6 is 11.8 Å². The number of pyridine rings is 1. The van der Waals surface area contributed by atoms with Gasteiger partial charge in [0, 0.05) is 24.3 Å². The molecule has 0 saturated heterocycles. The third-order valence-corrected chi connectivity index (χ3v) is 6.03. The van der Waals surface area contributed by atoms with Gasteiger partial charge in [0.05, 0.1) is 24.5 Å². The highest BCUT2D eigenvalue weighted by molar-refractivity contribution is 7.99. The summed E-state index contributed by atoms with van der Waals surface area (Å²) in [5, 5.41) is 0. The number of nitrogens with two attached hydrogens (primary N) is 1. The Morgan fingerprint density at radius 1 is 1.21 bits per heavy atom. The quantitative estimate of drug-likeness (QED) is 0.363. The largest absolute Gasteiger partial charge is 0.383 e. The summed E-state index contributed by atoms with van der Waals surface area (Å²) in [7, 11) is 1.70. The standard InChI is InChI=1S/C21H26F2N4OS/c1-14-11-25-21(24)19-20(14)27(13-26-19)16(12-28-2)6-4-3-5-9-29-18-8-7-15(22)10-17(18)23/h7-8,10-11,13,16H,3-6,9,12H2,1-2H3,(H2,24,25). The molecule has 1 unspecified atom stereocenters. The van der Waals surface area contributed by atoms with E-state index < -0.39 is 11.6 Å². The molecule has 0 fully saturated rings. The number of hydrogen-bond acceptors (Lipinski definition) is 5. The molecule has 5 nitrogen and oxygen atoms in total. The summed E-state index contributed by atoms with van der Waals surface area (Å²) in [5.41, 5.74) is 8.73. The van der Waals surface area contributed by atoms with Crippen molar-refractivity contribution in [3.8, 4) is 0 Å². The topological polar surface area (TPSA) is 66.0 Å². The van der Waals surface area contributed by atoms with E-state index >= 15 is 0 Å². The van der Waals surface area contributed by atoms with E-state index in [2.05, 4.69) is 14.5 Å². The lowest BCUT2D eigenvalue weighted by Gasteiger charge is -2.19. The maximum Gasteiger partial charge on any atom is 0.151 e. The monoisotopic (exact) mass is 420 g/mol. The molecule has 0 amide bonds. The lowest BCUT2D eigenvalue weighted by Crippen LogP contribution is -2.14. The predicted molar refractivity (Wildman–Crippen MR) is 113 cm³/mol. The molecule has 8 heteroatoms. The average molecular weight is 421 g/mol. The number of fused-ring (bicyclic) bond motifs is 1. The van der Waals surface area contributed by atoms with Crippen molar-refractivity contribution < 1.29 is 13.5 Å². The molecule has 2 aromatic heterocycles. The van der Waals surface area contributed by atoms with Gasteiger partial charge in [-0.15, -0.1) is 11.8 Å². The van der Waals surface area contributed by atoms with Crippen LogP contribution in [0.25, 0.3) is 11.0 Å². The Morgan fingerprint density at radius 3 is 2.79 bits per heavy atom. The molecule has 1 aromatic carbocycles. The third-order valence-electron chi connectivity index (χ3n) is 4.89. The van der Waals surface area contributed by atoms with Crippen molar-refractivity contribution in [1.29, 1.82) is 0 Å².